The van der Waals surface area contributed by atoms with Crippen LogP contribution in [0.1, 0.15) is 40.9 Å². The van der Waals surface area contributed by atoms with E-state index in [-0.39, 0.29) is 5.91 Å². The summed E-state index contributed by atoms with van der Waals surface area (Å²) in [4.78, 5) is 20.1. The normalized spacial score (nSPS) is 15.6. The Morgan fingerprint density at radius 3 is 2.92 bits per heavy atom. The number of benzene rings is 1. The molecule has 8 nitrogen and oxygen atoms in total. The summed E-state index contributed by atoms with van der Waals surface area (Å²) in [7, 11) is 0. The fourth-order valence-electron chi connectivity index (χ4n) is 3.29. The number of H-pyrrole nitrogens is 1. The highest BCUT2D eigenvalue weighted by atomic mass is 16.2. The number of hydrogen-bond donors (Lipinski definition) is 3. The van der Waals surface area contributed by atoms with E-state index >= 15 is 0 Å². The number of carbonyl (C=O) groups is 1. The summed E-state index contributed by atoms with van der Waals surface area (Å²) in [6, 6.07) is 8.10. The molecule has 1 amide bonds. The molecule has 0 saturated carbocycles. The van der Waals surface area contributed by atoms with E-state index in [0.29, 0.717) is 18.3 Å². The summed E-state index contributed by atoms with van der Waals surface area (Å²) in [5.74, 6) is 0.496. The van der Waals surface area contributed by atoms with Crippen molar-refractivity contribution in [2.75, 3.05) is 13.1 Å². The van der Waals surface area contributed by atoms with Crippen molar-refractivity contribution in [3.8, 4) is 0 Å². The van der Waals surface area contributed by atoms with Gasteiger partial charge in [0.05, 0.1) is 29.3 Å². The van der Waals surface area contributed by atoms with Crippen LogP contribution in [0.2, 0.25) is 0 Å². The van der Waals surface area contributed by atoms with Crippen LogP contribution < -0.4 is 10.6 Å². The van der Waals surface area contributed by atoms with E-state index in [2.05, 4.69) is 30.9 Å². The van der Waals surface area contributed by atoms with Crippen molar-refractivity contribution in [2.24, 2.45) is 0 Å². The number of nitrogens with zero attached hydrogens (tertiary/aromatic N) is 4. The van der Waals surface area contributed by atoms with Crippen molar-refractivity contribution in [3.05, 3.63) is 41.5 Å². The Labute approximate surface area is 145 Å². The van der Waals surface area contributed by atoms with Crippen molar-refractivity contribution in [3.63, 3.8) is 0 Å². The summed E-state index contributed by atoms with van der Waals surface area (Å²) >= 11 is 0. The molecule has 1 fully saturated rings. The monoisotopic (exact) mass is 339 g/mol. The van der Waals surface area contributed by atoms with Crippen LogP contribution in [-0.4, -0.2) is 44.0 Å². The molecule has 0 aliphatic carbocycles. The molecule has 4 rings (SSSR count). The van der Waals surface area contributed by atoms with Crippen LogP contribution >= 0.6 is 0 Å². The van der Waals surface area contributed by atoms with Gasteiger partial charge in [0.1, 0.15) is 5.82 Å². The molecule has 2 aromatic heterocycles. The van der Waals surface area contributed by atoms with Crippen molar-refractivity contribution >= 4 is 16.9 Å². The van der Waals surface area contributed by atoms with Gasteiger partial charge in [0.25, 0.3) is 5.91 Å². The van der Waals surface area contributed by atoms with Gasteiger partial charge in [-0.25, -0.2) is 9.67 Å². The Hall–Kier alpha value is -2.74. The summed E-state index contributed by atoms with van der Waals surface area (Å²) in [5, 5.41) is 14.5. The number of aromatic amines is 1. The van der Waals surface area contributed by atoms with E-state index in [4.69, 9.17) is 0 Å². The van der Waals surface area contributed by atoms with Gasteiger partial charge >= 0.3 is 0 Å². The number of nitrogens with one attached hydrogen (secondary N) is 3. The molecule has 0 spiro atoms. The number of carbonyl (C=O) groups excluding carboxylic acids is 1. The predicted octanol–water partition coefficient (Wildman–Crippen LogP) is 1.32. The van der Waals surface area contributed by atoms with Crippen molar-refractivity contribution in [2.45, 2.75) is 32.4 Å². The summed E-state index contributed by atoms with van der Waals surface area (Å²) in [5.41, 5.74) is 3.04. The first-order valence-corrected chi connectivity index (χ1v) is 8.56. The number of rotatable bonds is 4. The predicted molar refractivity (Wildman–Crippen MR) is 93.2 cm³/mol. The molecule has 130 valence electrons. The second-order valence-electron chi connectivity index (χ2n) is 6.33. The van der Waals surface area contributed by atoms with Crippen LogP contribution in [0.3, 0.4) is 0 Å². The summed E-state index contributed by atoms with van der Waals surface area (Å²) in [6.07, 6.45) is 2.01. The van der Waals surface area contributed by atoms with Gasteiger partial charge < -0.3 is 15.6 Å². The van der Waals surface area contributed by atoms with Gasteiger partial charge in [0, 0.05) is 0 Å². The molecule has 1 saturated heterocycles. The lowest BCUT2D eigenvalue weighted by Crippen LogP contribution is -2.30. The van der Waals surface area contributed by atoms with Gasteiger partial charge in [-0.1, -0.05) is 17.3 Å². The zero-order valence-electron chi connectivity index (χ0n) is 14.1. The molecular formula is C17H21N7O. The molecule has 8 heteroatoms. The van der Waals surface area contributed by atoms with Crippen LogP contribution in [0.4, 0.5) is 0 Å². The Morgan fingerprint density at radius 2 is 2.12 bits per heavy atom. The minimum absolute atomic E-state index is 0.224. The van der Waals surface area contributed by atoms with Gasteiger partial charge in [-0.05, 0) is 45.0 Å². The molecule has 0 bridgehead atoms. The SMILES string of the molecule is Cc1c(C(=O)NCc2nc3ccccc3[nH]2)nnn1C1CCNCC1. The molecule has 3 aromatic rings. The van der Waals surface area contributed by atoms with Crippen LogP contribution in [-0.2, 0) is 6.54 Å². The van der Waals surface area contributed by atoms with E-state index in [9.17, 15) is 4.79 Å². The first-order valence-electron chi connectivity index (χ1n) is 8.56. The third-order valence-corrected chi connectivity index (χ3v) is 4.65. The van der Waals surface area contributed by atoms with Gasteiger partial charge in [-0.15, -0.1) is 5.10 Å². The second kappa shape index (κ2) is 6.64. The van der Waals surface area contributed by atoms with E-state index in [1.165, 1.54) is 0 Å². The zero-order valence-corrected chi connectivity index (χ0v) is 14.1. The van der Waals surface area contributed by atoms with E-state index in [0.717, 1.165) is 48.5 Å². The molecule has 1 aromatic carbocycles. The molecular weight excluding hydrogens is 318 g/mol. The number of piperidine rings is 1. The lowest BCUT2D eigenvalue weighted by molar-refractivity contribution is 0.0944. The third-order valence-electron chi connectivity index (χ3n) is 4.65. The quantitative estimate of drug-likeness (QED) is 0.665. The standard InChI is InChI=1S/C17H21N7O/c1-11-16(22-23-24(11)12-6-8-18-9-7-12)17(25)19-10-15-20-13-4-2-3-5-14(13)21-15/h2-5,12,18H,6-10H2,1H3,(H,19,25)(H,20,21). The maximum absolute atomic E-state index is 12.5. The van der Waals surface area contributed by atoms with Crippen LogP contribution in [0, 0.1) is 6.92 Å². The third kappa shape index (κ3) is 3.12. The molecule has 1 aliphatic rings. The molecule has 0 unspecified atom stereocenters. The number of hydrogen-bond acceptors (Lipinski definition) is 5. The van der Waals surface area contributed by atoms with Crippen LogP contribution in [0.15, 0.2) is 24.3 Å². The first-order chi connectivity index (χ1) is 12.2. The van der Waals surface area contributed by atoms with Gasteiger partial charge in [-0.3, -0.25) is 4.79 Å². The fraction of sp³-hybridized carbons (Fsp3) is 0.412. The Kier molecular flexibility index (Phi) is 4.19. The highest BCUT2D eigenvalue weighted by molar-refractivity contribution is 5.93. The zero-order chi connectivity index (χ0) is 17.2. The lowest BCUT2D eigenvalue weighted by atomic mass is 10.1. The Bertz CT molecular complexity index is 858. The number of para-hydroxylation sites is 2. The van der Waals surface area contributed by atoms with Crippen molar-refractivity contribution in [1.82, 2.24) is 35.6 Å². The van der Waals surface area contributed by atoms with E-state index < -0.39 is 0 Å². The topological polar surface area (TPSA) is 101 Å². The summed E-state index contributed by atoms with van der Waals surface area (Å²) < 4.78 is 1.89. The minimum atomic E-state index is -0.224. The second-order valence-corrected chi connectivity index (χ2v) is 6.33. The van der Waals surface area contributed by atoms with Gasteiger partial charge in [0.15, 0.2) is 5.69 Å². The minimum Gasteiger partial charge on any atom is -0.343 e. The lowest BCUT2D eigenvalue weighted by Gasteiger charge is -2.23. The number of imidazole rings is 1. The molecule has 0 radical (unpaired) electrons. The van der Waals surface area contributed by atoms with Gasteiger partial charge in [-0.2, -0.15) is 0 Å². The maximum Gasteiger partial charge on any atom is 0.274 e. The van der Waals surface area contributed by atoms with Crippen LogP contribution in [0.25, 0.3) is 11.0 Å². The fourth-order valence-corrected chi connectivity index (χ4v) is 3.29. The number of aromatic nitrogens is 5. The van der Waals surface area contributed by atoms with Crippen molar-refractivity contribution < 1.29 is 4.79 Å². The Balaban J connectivity index is 1.45. The summed E-state index contributed by atoms with van der Waals surface area (Å²) in [6.45, 7) is 4.17. The maximum atomic E-state index is 12.5. The molecule has 3 N–H and O–H groups in total. The smallest absolute Gasteiger partial charge is 0.274 e. The number of fused-ring (bicyclic) bond motifs is 1. The van der Waals surface area contributed by atoms with E-state index in [1.54, 1.807) is 0 Å². The molecule has 1 aliphatic heterocycles. The average Bonchev–Trinajstić information content (AvgIpc) is 3.23. The number of amides is 1. The first kappa shape index (κ1) is 15.8. The Morgan fingerprint density at radius 1 is 1.32 bits per heavy atom. The van der Waals surface area contributed by atoms with Gasteiger partial charge in [0.2, 0.25) is 0 Å². The van der Waals surface area contributed by atoms with E-state index in [1.807, 2.05) is 35.9 Å². The van der Waals surface area contributed by atoms with Crippen LogP contribution in [0.5, 0.6) is 0 Å². The molecule has 25 heavy (non-hydrogen) atoms. The van der Waals surface area contributed by atoms with Crippen molar-refractivity contribution in [1.29, 1.82) is 0 Å². The average molecular weight is 339 g/mol. The highest BCUT2D eigenvalue weighted by Gasteiger charge is 2.22. The molecule has 0 atom stereocenters. The highest BCUT2D eigenvalue weighted by Crippen LogP contribution is 2.20. The largest absolute Gasteiger partial charge is 0.343 e. The molecule has 3 heterocycles.